The van der Waals surface area contributed by atoms with Crippen molar-refractivity contribution in [3.63, 3.8) is 0 Å². The first-order chi connectivity index (χ1) is 17.6. The first kappa shape index (κ1) is 29.3. The maximum atomic E-state index is 13.7. The lowest BCUT2D eigenvalue weighted by molar-refractivity contribution is -0.206. The van der Waals surface area contributed by atoms with Gasteiger partial charge in [-0.2, -0.15) is 0 Å². The summed E-state index contributed by atoms with van der Waals surface area (Å²) in [7, 11) is 0. The van der Waals surface area contributed by atoms with Crippen LogP contribution in [0.15, 0.2) is 0 Å². The Hall–Kier alpha value is -1.66. The molecule has 0 aromatic heterocycles. The van der Waals surface area contributed by atoms with Crippen LogP contribution < -0.4 is 0 Å². The summed E-state index contributed by atoms with van der Waals surface area (Å²) in [6.45, 7) is 13.2. The van der Waals surface area contributed by atoms with Crippen molar-refractivity contribution in [3.05, 3.63) is 0 Å². The molecule has 1 saturated heterocycles. The van der Waals surface area contributed by atoms with E-state index in [1.54, 1.807) is 6.92 Å². The molecule has 6 rings (SSSR count). The molecule has 0 radical (unpaired) electrons. The van der Waals surface area contributed by atoms with E-state index in [-0.39, 0.29) is 40.8 Å². The molecule has 7 heteroatoms. The van der Waals surface area contributed by atoms with Crippen LogP contribution in [0.4, 0.5) is 4.39 Å². The summed E-state index contributed by atoms with van der Waals surface area (Å²) in [4.78, 5) is 35.7. The van der Waals surface area contributed by atoms with Gasteiger partial charge < -0.3 is 14.2 Å². The molecule has 1 aliphatic heterocycles. The molecule has 6 nitrogen and oxygen atoms in total. The van der Waals surface area contributed by atoms with Crippen LogP contribution in [-0.4, -0.2) is 41.4 Å². The van der Waals surface area contributed by atoms with E-state index >= 15 is 0 Å². The van der Waals surface area contributed by atoms with Crippen LogP contribution >= 0.6 is 0 Å². The number of ether oxygens (including phenoxy) is 3. The Kier molecular flexibility index (Phi) is 8.02. The van der Waals surface area contributed by atoms with Crippen LogP contribution in [0.2, 0.25) is 0 Å². The number of fused-ring (bicyclic) bond motifs is 1. The zero-order chi connectivity index (χ0) is 28.1. The molecule has 0 spiro atoms. The molecule has 4 bridgehead atoms. The molecule has 216 valence electrons. The third-order valence-electron chi connectivity index (χ3n) is 10.8. The van der Waals surface area contributed by atoms with E-state index in [1.165, 1.54) is 45.4 Å². The first-order valence-corrected chi connectivity index (χ1v) is 15.0. The fraction of sp³-hybridized carbons (Fsp3) is 0.903. The van der Waals surface area contributed by atoms with Gasteiger partial charge in [0.2, 0.25) is 11.8 Å². The van der Waals surface area contributed by atoms with E-state index in [1.807, 2.05) is 13.8 Å². The zero-order valence-electron chi connectivity index (χ0n) is 24.6. The molecule has 5 aliphatic carbocycles. The van der Waals surface area contributed by atoms with Gasteiger partial charge in [-0.05, 0) is 123 Å². The SMILES string of the molecule is CCC(C)(C)C(=O)OC(C)(C)C12CC3CC(CC(C3)C1)C2.CCC(C)(F)C(=O)OC1C(=O)OC2CCCC21. The predicted octanol–water partition coefficient (Wildman–Crippen LogP) is 6.72. The summed E-state index contributed by atoms with van der Waals surface area (Å²) in [5, 5.41) is 0. The minimum absolute atomic E-state index is 0.00857. The Labute approximate surface area is 228 Å². The van der Waals surface area contributed by atoms with Gasteiger partial charge >= 0.3 is 17.9 Å². The Bertz CT molecular complexity index is 886. The number of carbonyl (C=O) groups excluding carboxylic acids is 3. The van der Waals surface area contributed by atoms with E-state index in [9.17, 15) is 18.8 Å². The van der Waals surface area contributed by atoms with Gasteiger partial charge in [-0.15, -0.1) is 0 Å². The van der Waals surface area contributed by atoms with Gasteiger partial charge in [-0.1, -0.05) is 13.8 Å². The third-order valence-corrected chi connectivity index (χ3v) is 10.8. The van der Waals surface area contributed by atoms with E-state index in [0.29, 0.717) is 0 Å². The first-order valence-electron chi connectivity index (χ1n) is 15.0. The molecule has 38 heavy (non-hydrogen) atoms. The Morgan fingerprint density at radius 2 is 1.47 bits per heavy atom. The van der Waals surface area contributed by atoms with Crippen molar-refractivity contribution in [1.82, 2.24) is 0 Å². The van der Waals surface area contributed by atoms with Crippen molar-refractivity contribution in [3.8, 4) is 0 Å². The number of esters is 3. The van der Waals surface area contributed by atoms with Crippen molar-refractivity contribution in [2.75, 3.05) is 0 Å². The predicted molar refractivity (Wildman–Crippen MR) is 142 cm³/mol. The Morgan fingerprint density at radius 1 is 0.921 bits per heavy atom. The number of alkyl halides is 1. The summed E-state index contributed by atoms with van der Waals surface area (Å²) < 4.78 is 30.0. The molecule has 0 aromatic carbocycles. The molecule has 0 aromatic rings. The van der Waals surface area contributed by atoms with E-state index in [0.717, 1.165) is 43.4 Å². The lowest BCUT2D eigenvalue weighted by atomic mass is 9.46. The van der Waals surface area contributed by atoms with Gasteiger partial charge in [-0.25, -0.2) is 14.0 Å². The fourth-order valence-electron chi connectivity index (χ4n) is 7.83. The minimum atomic E-state index is -2.03. The van der Waals surface area contributed by atoms with E-state index in [4.69, 9.17) is 14.2 Å². The van der Waals surface area contributed by atoms with Crippen molar-refractivity contribution in [2.45, 2.75) is 143 Å². The van der Waals surface area contributed by atoms with Crippen LogP contribution in [0.25, 0.3) is 0 Å². The Balaban J connectivity index is 0.000000181. The van der Waals surface area contributed by atoms with Gasteiger partial charge in [0, 0.05) is 11.3 Å². The highest BCUT2D eigenvalue weighted by Gasteiger charge is 2.59. The lowest BCUT2D eigenvalue weighted by Crippen LogP contribution is -2.58. The number of halogens is 1. The molecule has 4 atom stereocenters. The highest BCUT2D eigenvalue weighted by molar-refractivity contribution is 5.85. The Morgan fingerprint density at radius 3 is 1.97 bits per heavy atom. The number of carbonyl (C=O) groups is 3. The van der Waals surface area contributed by atoms with Crippen LogP contribution in [0.5, 0.6) is 0 Å². The van der Waals surface area contributed by atoms with Crippen LogP contribution in [0, 0.1) is 34.5 Å². The van der Waals surface area contributed by atoms with Crippen molar-refractivity contribution < 1.29 is 33.0 Å². The highest BCUT2D eigenvalue weighted by atomic mass is 19.1. The van der Waals surface area contributed by atoms with Gasteiger partial charge in [0.15, 0.2) is 0 Å². The summed E-state index contributed by atoms with van der Waals surface area (Å²) in [6.07, 6.45) is 10.5. The highest BCUT2D eigenvalue weighted by Crippen LogP contribution is 2.64. The lowest BCUT2D eigenvalue weighted by Gasteiger charge is -2.61. The largest absolute Gasteiger partial charge is 0.459 e. The van der Waals surface area contributed by atoms with Gasteiger partial charge in [-0.3, -0.25) is 4.79 Å². The minimum Gasteiger partial charge on any atom is -0.459 e. The molecule has 6 aliphatic rings. The summed E-state index contributed by atoms with van der Waals surface area (Å²) in [6, 6.07) is 0. The molecule has 6 fully saturated rings. The van der Waals surface area contributed by atoms with Crippen LogP contribution in [0.1, 0.15) is 119 Å². The normalized spacial score (nSPS) is 37.0. The second-order valence-electron chi connectivity index (χ2n) is 14.3. The quantitative estimate of drug-likeness (QED) is 0.265. The third kappa shape index (κ3) is 5.50. The zero-order valence-corrected chi connectivity index (χ0v) is 24.6. The number of hydrogen-bond acceptors (Lipinski definition) is 6. The summed E-state index contributed by atoms with van der Waals surface area (Å²) in [5.74, 6) is 1.11. The smallest absolute Gasteiger partial charge is 0.348 e. The molecule has 1 heterocycles. The monoisotopic (exact) mass is 536 g/mol. The van der Waals surface area contributed by atoms with Crippen LogP contribution in [-0.2, 0) is 28.6 Å². The molecule has 4 unspecified atom stereocenters. The second kappa shape index (κ2) is 10.4. The summed E-state index contributed by atoms with van der Waals surface area (Å²) >= 11 is 0. The number of rotatable bonds is 7. The topological polar surface area (TPSA) is 78.9 Å². The fourth-order valence-corrected chi connectivity index (χ4v) is 7.83. The summed E-state index contributed by atoms with van der Waals surface area (Å²) in [5.41, 5.74) is -2.45. The van der Waals surface area contributed by atoms with Crippen molar-refractivity contribution >= 4 is 17.9 Å². The standard InChI is InChI=1S/C19H32O2.C12H17FO4/c1-6-17(2,3)16(20)21-18(4,5)19-10-13-7-14(11-19)9-15(8-13)12-19;1-3-12(2,13)11(15)17-9-7-5-4-6-8(7)16-10(9)14/h13-15H,6-12H2,1-5H3;7-9H,3-6H2,1-2H3. The van der Waals surface area contributed by atoms with Gasteiger partial charge in [0.05, 0.1) is 5.41 Å². The molecule has 5 saturated carbocycles. The average molecular weight is 537 g/mol. The van der Waals surface area contributed by atoms with E-state index in [2.05, 4.69) is 20.8 Å². The van der Waals surface area contributed by atoms with Gasteiger partial charge in [0.25, 0.3) is 0 Å². The molecular weight excluding hydrogens is 487 g/mol. The van der Waals surface area contributed by atoms with E-state index < -0.39 is 23.7 Å². The van der Waals surface area contributed by atoms with Crippen molar-refractivity contribution in [1.29, 1.82) is 0 Å². The molecule has 0 amide bonds. The number of hydrogen-bond donors (Lipinski definition) is 0. The van der Waals surface area contributed by atoms with Gasteiger partial charge in [0.1, 0.15) is 11.7 Å². The van der Waals surface area contributed by atoms with Crippen molar-refractivity contribution in [2.24, 2.45) is 34.5 Å². The maximum absolute atomic E-state index is 13.7. The van der Waals surface area contributed by atoms with Crippen LogP contribution in [0.3, 0.4) is 0 Å². The maximum Gasteiger partial charge on any atom is 0.348 e. The second-order valence-corrected chi connectivity index (χ2v) is 14.3. The average Bonchev–Trinajstić information content (AvgIpc) is 3.40. The molecule has 0 N–H and O–H groups in total. The molecular formula is C31H49FO6.